The Hall–Kier alpha value is -1.22. The minimum Gasteiger partial charge on any atom is -0.497 e. The van der Waals surface area contributed by atoms with E-state index in [9.17, 15) is 4.79 Å². The maximum absolute atomic E-state index is 12.0. The molecule has 98 valence electrons. The van der Waals surface area contributed by atoms with Gasteiger partial charge in [0.25, 0.3) is 0 Å². The molecule has 4 heteroatoms. The summed E-state index contributed by atoms with van der Waals surface area (Å²) in [5.41, 5.74) is 1.18. The molecule has 0 saturated carbocycles. The van der Waals surface area contributed by atoms with Crippen LogP contribution in [0.25, 0.3) is 0 Å². The monoisotopic (exact) mass is 267 g/mol. The van der Waals surface area contributed by atoms with Crippen LogP contribution < -0.4 is 4.74 Å². The number of carbonyl (C=O) groups excluding carboxylic acids is 1. The molecule has 18 heavy (non-hydrogen) atoms. The van der Waals surface area contributed by atoms with Crippen LogP contribution in [0.3, 0.4) is 0 Å². The number of hydrogen-bond acceptors (Lipinski definition) is 2. The Morgan fingerprint density at radius 2 is 2.17 bits per heavy atom. The SMILES string of the molecule is COc1ccc(C2CCCN2C(=O)CCCl)cc1. The molecular formula is C14H18ClNO2. The van der Waals surface area contributed by atoms with Crippen LogP contribution in [0, 0.1) is 0 Å². The maximum atomic E-state index is 12.0. The van der Waals surface area contributed by atoms with Crippen molar-refractivity contribution in [1.29, 1.82) is 0 Å². The van der Waals surface area contributed by atoms with E-state index in [1.165, 1.54) is 5.56 Å². The molecule has 0 spiro atoms. The molecule has 1 fully saturated rings. The minimum atomic E-state index is 0.156. The van der Waals surface area contributed by atoms with Crippen molar-refractivity contribution >= 4 is 17.5 Å². The Morgan fingerprint density at radius 3 is 2.78 bits per heavy atom. The maximum Gasteiger partial charge on any atom is 0.224 e. The van der Waals surface area contributed by atoms with Crippen LogP contribution in [0.5, 0.6) is 5.75 Å². The molecule has 1 amide bonds. The molecule has 2 rings (SSSR count). The van der Waals surface area contributed by atoms with E-state index >= 15 is 0 Å². The largest absolute Gasteiger partial charge is 0.497 e. The highest BCUT2D eigenvalue weighted by Crippen LogP contribution is 2.33. The van der Waals surface area contributed by atoms with Gasteiger partial charge in [0, 0.05) is 18.8 Å². The van der Waals surface area contributed by atoms with E-state index in [-0.39, 0.29) is 11.9 Å². The van der Waals surface area contributed by atoms with E-state index < -0.39 is 0 Å². The molecule has 1 aromatic carbocycles. The zero-order chi connectivity index (χ0) is 13.0. The van der Waals surface area contributed by atoms with Gasteiger partial charge < -0.3 is 9.64 Å². The van der Waals surface area contributed by atoms with Gasteiger partial charge in [-0.1, -0.05) is 12.1 Å². The molecule has 0 N–H and O–H groups in total. The van der Waals surface area contributed by atoms with Gasteiger partial charge in [0.1, 0.15) is 5.75 Å². The number of benzene rings is 1. The van der Waals surface area contributed by atoms with Crippen LogP contribution in [-0.4, -0.2) is 30.3 Å². The van der Waals surface area contributed by atoms with Gasteiger partial charge in [-0.15, -0.1) is 11.6 Å². The molecule has 1 heterocycles. The van der Waals surface area contributed by atoms with Crippen molar-refractivity contribution in [3.8, 4) is 5.75 Å². The molecule has 0 radical (unpaired) electrons. The highest BCUT2D eigenvalue weighted by Gasteiger charge is 2.29. The third-order valence-electron chi connectivity index (χ3n) is 3.38. The Labute approximate surface area is 113 Å². The summed E-state index contributed by atoms with van der Waals surface area (Å²) < 4.78 is 5.15. The number of alkyl halides is 1. The van der Waals surface area contributed by atoms with E-state index in [4.69, 9.17) is 16.3 Å². The number of nitrogens with zero attached hydrogens (tertiary/aromatic N) is 1. The molecule has 0 aromatic heterocycles. The first kappa shape index (κ1) is 13.2. The Kier molecular flexibility index (Phi) is 4.48. The fourth-order valence-electron chi connectivity index (χ4n) is 2.46. The summed E-state index contributed by atoms with van der Waals surface area (Å²) in [4.78, 5) is 13.9. The van der Waals surface area contributed by atoms with Gasteiger partial charge in [0.15, 0.2) is 0 Å². The van der Waals surface area contributed by atoms with Gasteiger partial charge in [0.2, 0.25) is 5.91 Å². The number of methoxy groups -OCH3 is 1. The average molecular weight is 268 g/mol. The van der Waals surface area contributed by atoms with E-state index in [1.807, 2.05) is 29.2 Å². The van der Waals surface area contributed by atoms with Crippen molar-refractivity contribution in [2.45, 2.75) is 25.3 Å². The quantitative estimate of drug-likeness (QED) is 0.785. The van der Waals surface area contributed by atoms with Gasteiger partial charge in [0.05, 0.1) is 13.2 Å². The number of ether oxygens (including phenoxy) is 1. The van der Waals surface area contributed by atoms with E-state index in [1.54, 1.807) is 7.11 Å². The highest BCUT2D eigenvalue weighted by molar-refractivity contribution is 6.18. The molecule has 0 bridgehead atoms. The van der Waals surface area contributed by atoms with E-state index in [0.717, 1.165) is 25.1 Å². The van der Waals surface area contributed by atoms with Gasteiger partial charge in [-0.2, -0.15) is 0 Å². The third kappa shape index (κ3) is 2.78. The third-order valence-corrected chi connectivity index (χ3v) is 3.57. The molecule has 3 nitrogen and oxygen atoms in total. The molecule has 1 unspecified atom stereocenters. The number of halogens is 1. The lowest BCUT2D eigenvalue weighted by Crippen LogP contribution is -2.30. The topological polar surface area (TPSA) is 29.5 Å². The highest BCUT2D eigenvalue weighted by atomic mass is 35.5. The fraction of sp³-hybridized carbons (Fsp3) is 0.500. The predicted molar refractivity (Wildman–Crippen MR) is 72.0 cm³/mol. The first-order valence-corrected chi connectivity index (χ1v) is 6.79. The second-order valence-electron chi connectivity index (χ2n) is 4.46. The predicted octanol–water partition coefficient (Wildman–Crippen LogP) is 2.99. The Balaban J connectivity index is 2.12. The molecule has 1 aliphatic rings. The summed E-state index contributed by atoms with van der Waals surface area (Å²) in [6.07, 6.45) is 2.51. The summed E-state index contributed by atoms with van der Waals surface area (Å²) in [5.74, 6) is 1.39. The molecular weight excluding hydrogens is 250 g/mol. The molecule has 0 aliphatic carbocycles. The van der Waals surface area contributed by atoms with Crippen LogP contribution in [0.1, 0.15) is 30.9 Å². The lowest BCUT2D eigenvalue weighted by atomic mass is 10.0. The van der Waals surface area contributed by atoms with Crippen LogP contribution in [0.15, 0.2) is 24.3 Å². The lowest BCUT2D eigenvalue weighted by molar-refractivity contribution is -0.131. The van der Waals surface area contributed by atoms with Crippen molar-refractivity contribution in [3.05, 3.63) is 29.8 Å². The summed E-state index contributed by atoms with van der Waals surface area (Å²) in [7, 11) is 1.65. The number of likely N-dealkylation sites (tertiary alicyclic amines) is 1. The van der Waals surface area contributed by atoms with Gasteiger partial charge in [-0.05, 0) is 30.5 Å². The summed E-state index contributed by atoms with van der Waals surface area (Å²) in [6.45, 7) is 0.840. The zero-order valence-electron chi connectivity index (χ0n) is 10.6. The van der Waals surface area contributed by atoms with Gasteiger partial charge >= 0.3 is 0 Å². The first-order valence-electron chi connectivity index (χ1n) is 6.25. The van der Waals surface area contributed by atoms with Crippen LogP contribution >= 0.6 is 11.6 Å². The van der Waals surface area contributed by atoms with Gasteiger partial charge in [-0.25, -0.2) is 0 Å². The number of rotatable bonds is 4. The van der Waals surface area contributed by atoms with Crippen LogP contribution in [0.2, 0.25) is 0 Å². The minimum absolute atomic E-state index is 0.156. The normalized spacial score (nSPS) is 19.0. The van der Waals surface area contributed by atoms with E-state index in [2.05, 4.69) is 0 Å². The number of amides is 1. The smallest absolute Gasteiger partial charge is 0.224 e. The second-order valence-corrected chi connectivity index (χ2v) is 4.84. The standard InChI is InChI=1S/C14H18ClNO2/c1-18-12-6-4-11(5-7-12)13-3-2-10-16(13)14(17)8-9-15/h4-7,13H,2-3,8-10H2,1H3. The fourth-order valence-corrected chi connectivity index (χ4v) is 2.62. The second kappa shape index (κ2) is 6.10. The Morgan fingerprint density at radius 1 is 1.44 bits per heavy atom. The number of hydrogen-bond donors (Lipinski definition) is 0. The average Bonchev–Trinajstić information content (AvgIpc) is 2.88. The number of carbonyl (C=O) groups is 1. The van der Waals surface area contributed by atoms with Crippen molar-refractivity contribution in [2.24, 2.45) is 0 Å². The van der Waals surface area contributed by atoms with Crippen molar-refractivity contribution in [3.63, 3.8) is 0 Å². The van der Waals surface area contributed by atoms with Crippen molar-refractivity contribution < 1.29 is 9.53 Å². The molecule has 1 saturated heterocycles. The van der Waals surface area contributed by atoms with Crippen molar-refractivity contribution in [2.75, 3.05) is 19.5 Å². The van der Waals surface area contributed by atoms with Gasteiger partial charge in [-0.3, -0.25) is 4.79 Å². The Bertz CT molecular complexity index is 405. The first-order chi connectivity index (χ1) is 8.76. The molecule has 1 aliphatic heterocycles. The van der Waals surface area contributed by atoms with Crippen LogP contribution in [0.4, 0.5) is 0 Å². The molecule has 1 aromatic rings. The summed E-state index contributed by atoms with van der Waals surface area (Å²) >= 11 is 5.64. The van der Waals surface area contributed by atoms with Crippen LogP contribution in [-0.2, 0) is 4.79 Å². The van der Waals surface area contributed by atoms with E-state index in [0.29, 0.717) is 12.3 Å². The lowest BCUT2D eigenvalue weighted by Gasteiger charge is -2.25. The van der Waals surface area contributed by atoms with Crippen molar-refractivity contribution in [1.82, 2.24) is 4.90 Å². The zero-order valence-corrected chi connectivity index (χ0v) is 11.3. The molecule has 1 atom stereocenters. The summed E-state index contributed by atoms with van der Waals surface area (Å²) in [6, 6.07) is 8.16. The summed E-state index contributed by atoms with van der Waals surface area (Å²) in [5, 5.41) is 0.